The Morgan fingerprint density at radius 2 is 2.33 bits per heavy atom. The first-order valence-corrected chi connectivity index (χ1v) is 5.32. The average Bonchev–Trinajstić information content (AvgIpc) is 2.52. The molecule has 1 aromatic rings. The Bertz CT molecular complexity index is 295. The van der Waals surface area contributed by atoms with Gasteiger partial charge in [0.05, 0.1) is 5.60 Å². The Balaban J connectivity index is 2.66. The molecule has 0 spiro atoms. The van der Waals surface area contributed by atoms with Crippen LogP contribution in [-0.2, 0) is 13.0 Å². The van der Waals surface area contributed by atoms with Gasteiger partial charge in [0.15, 0.2) is 0 Å². The highest BCUT2D eigenvalue weighted by atomic mass is 16.3. The molecule has 1 heterocycles. The predicted molar refractivity (Wildman–Crippen MR) is 58.6 cm³/mol. The number of aromatic nitrogens is 3. The summed E-state index contributed by atoms with van der Waals surface area (Å²) in [5.41, 5.74) is -0.771. The van der Waals surface area contributed by atoms with Gasteiger partial charge in [0, 0.05) is 19.5 Å². The van der Waals surface area contributed by atoms with Crippen LogP contribution < -0.4 is 5.32 Å². The minimum Gasteiger partial charge on any atom is -0.388 e. The van der Waals surface area contributed by atoms with Gasteiger partial charge in [0.2, 0.25) is 0 Å². The van der Waals surface area contributed by atoms with Crippen molar-refractivity contribution in [2.24, 2.45) is 0 Å². The van der Waals surface area contributed by atoms with Gasteiger partial charge in [-0.25, -0.2) is 4.98 Å². The lowest BCUT2D eigenvalue weighted by Crippen LogP contribution is -2.39. The van der Waals surface area contributed by atoms with Crippen molar-refractivity contribution in [3.05, 3.63) is 12.2 Å². The number of nitrogens with one attached hydrogen (secondary N) is 1. The maximum atomic E-state index is 10.0. The van der Waals surface area contributed by atoms with Crippen LogP contribution in [-0.4, -0.2) is 39.1 Å². The second-order valence-electron chi connectivity index (χ2n) is 4.10. The lowest BCUT2D eigenvalue weighted by atomic mass is 10.0. The highest BCUT2D eigenvalue weighted by Gasteiger charge is 2.22. The Labute approximate surface area is 90.5 Å². The van der Waals surface area contributed by atoms with Crippen LogP contribution in [0.1, 0.15) is 26.1 Å². The van der Waals surface area contributed by atoms with Crippen LogP contribution in [0.2, 0.25) is 0 Å². The fraction of sp³-hybridized carbons (Fsp3) is 0.800. The Hall–Kier alpha value is -0.940. The third-order valence-corrected chi connectivity index (χ3v) is 2.23. The minimum atomic E-state index is -0.771. The standard InChI is InChI=1S/C10H20N4O/c1-4-5-14-9(12-8-13-14)6-10(2,15)7-11-3/h8,11,15H,4-7H2,1-3H3. The molecule has 0 aliphatic rings. The van der Waals surface area contributed by atoms with Crippen molar-refractivity contribution in [3.63, 3.8) is 0 Å². The molecule has 86 valence electrons. The summed E-state index contributed by atoms with van der Waals surface area (Å²) in [6.45, 7) is 5.29. The third-order valence-electron chi connectivity index (χ3n) is 2.23. The third kappa shape index (κ3) is 3.60. The van der Waals surface area contributed by atoms with Gasteiger partial charge in [0.25, 0.3) is 0 Å². The molecule has 0 aliphatic heterocycles. The molecule has 0 radical (unpaired) electrons. The van der Waals surface area contributed by atoms with Crippen molar-refractivity contribution >= 4 is 0 Å². The van der Waals surface area contributed by atoms with Crippen LogP contribution >= 0.6 is 0 Å². The molecule has 15 heavy (non-hydrogen) atoms. The van der Waals surface area contributed by atoms with E-state index in [4.69, 9.17) is 0 Å². The van der Waals surface area contributed by atoms with E-state index in [-0.39, 0.29) is 0 Å². The van der Waals surface area contributed by atoms with E-state index in [9.17, 15) is 5.11 Å². The largest absolute Gasteiger partial charge is 0.388 e. The van der Waals surface area contributed by atoms with Crippen LogP contribution in [0, 0.1) is 0 Å². The zero-order valence-electron chi connectivity index (χ0n) is 9.69. The van der Waals surface area contributed by atoms with E-state index in [1.807, 2.05) is 11.7 Å². The van der Waals surface area contributed by atoms with Crippen molar-refractivity contribution in [1.82, 2.24) is 20.1 Å². The molecule has 1 rings (SSSR count). The summed E-state index contributed by atoms with van der Waals surface area (Å²) in [6, 6.07) is 0. The number of likely N-dealkylation sites (N-methyl/N-ethyl adjacent to an activating group) is 1. The van der Waals surface area contributed by atoms with E-state index < -0.39 is 5.60 Å². The molecule has 0 bridgehead atoms. The zero-order valence-corrected chi connectivity index (χ0v) is 9.69. The molecule has 5 heteroatoms. The number of aliphatic hydroxyl groups is 1. The van der Waals surface area contributed by atoms with Crippen LogP contribution in [0.15, 0.2) is 6.33 Å². The fourth-order valence-corrected chi connectivity index (χ4v) is 1.61. The van der Waals surface area contributed by atoms with Crippen molar-refractivity contribution < 1.29 is 5.11 Å². The number of hydrogen-bond acceptors (Lipinski definition) is 4. The first kappa shape index (κ1) is 12.1. The second-order valence-corrected chi connectivity index (χ2v) is 4.10. The molecular formula is C10H20N4O. The smallest absolute Gasteiger partial charge is 0.138 e. The van der Waals surface area contributed by atoms with E-state index in [1.165, 1.54) is 0 Å². The van der Waals surface area contributed by atoms with Gasteiger partial charge in [-0.15, -0.1) is 0 Å². The number of nitrogens with zero attached hydrogens (tertiary/aromatic N) is 3. The lowest BCUT2D eigenvalue weighted by molar-refractivity contribution is 0.0590. The summed E-state index contributed by atoms with van der Waals surface area (Å²) in [4.78, 5) is 4.17. The van der Waals surface area contributed by atoms with E-state index in [1.54, 1.807) is 13.3 Å². The van der Waals surface area contributed by atoms with Gasteiger partial charge < -0.3 is 10.4 Å². The number of hydrogen-bond donors (Lipinski definition) is 2. The topological polar surface area (TPSA) is 63.0 Å². The summed E-state index contributed by atoms with van der Waals surface area (Å²) in [5, 5.41) is 17.1. The molecule has 1 aromatic heterocycles. The molecule has 2 N–H and O–H groups in total. The fourth-order valence-electron chi connectivity index (χ4n) is 1.61. The van der Waals surface area contributed by atoms with E-state index in [2.05, 4.69) is 22.3 Å². The van der Waals surface area contributed by atoms with Crippen molar-refractivity contribution in [2.75, 3.05) is 13.6 Å². The molecule has 0 saturated heterocycles. The molecule has 0 fully saturated rings. The van der Waals surface area contributed by atoms with Gasteiger partial charge in [-0.2, -0.15) is 5.10 Å². The zero-order chi connectivity index (χ0) is 11.3. The molecular weight excluding hydrogens is 192 g/mol. The number of aryl methyl sites for hydroxylation is 1. The highest BCUT2D eigenvalue weighted by Crippen LogP contribution is 2.10. The Kier molecular flexibility index (Phi) is 4.23. The maximum Gasteiger partial charge on any atom is 0.138 e. The molecule has 1 unspecified atom stereocenters. The summed E-state index contributed by atoms with van der Waals surface area (Å²) in [6.07, 6.45) is 3.08. The van der Waals surface area contributed by atoms with Crippen molar-refractivity contribution in [3.8, 4) is 0 Å². The second kappa shape index (κ2) is 5.23. The van der Waals surface area contributed by atoms with E-state index in [0.29, 0.717) is 13.0 Å². The molecule has 0 aromatic carbocycles. The van der Waals surface area contributed by atoms with Crippen LogP contribution in [0.5, 0.6) is 0 Å². The number of rotatable bonds is 6. The summed E-state index contributed by atoms with van der Waals surface area (Å²) >= 11 is 0. The first-order valence-electron chi connectivity index (χ1n) is 5.32. The quantitative estimate of drug-likeness (QED) is 0.707. The highest BCUT2D eigenvalue weighted by molar-refractivity contribution is 4.93. The van der Waals surface area contributed by atoms with Crippen molar-refractivity contribution in [2.45, 2.75) is 38.8 Å². The molecule has 0 saturated carbocycles. The van der Waals surface area contributed by atoms with Gasteiger partial charge in [-0.1, -0.05) is 6.92 Å². The molecule has 5 nitrogen and oxygen atoms in total. The normalized spacial score (nSPS) is 15.2. The van der Waals surface area contributed by atoms with E-state index in [0.717, 1.165) is 18.8 Å². The first-order chi connectivity index (χ1) is 7.09. The summed E-state index contributed by atoms with van der Waals surface area (Å²) in [5.74, 6) is 0.845. The average molecular weight is 212 g/mol. The van der Waals surface area contributed by atoms with E-state index >= 15 is 0 Å². The molecule has 0 amide bonds. The lowest BCUT2D eigenvalue weighted by Gasteiger charge is -2.22. The summed E-state index contributed by atoms with van der Waals surface area (Å²) < 4.78 is 1.85. The van der Waals surface area contributed by atoms with Gasteiger partial charge in [-0.3, -0.25) is 4.68 Å². The predicted octanol–water partition coefficient (Wildman–Crippen LogP) is 0.201. The SMILES string of the molecule is CCCn1ncnc1CC(C)(O)CNC. The molecule has 0 aliphatic carbocycles. The summed E-state index contributed by atoms with van der Waals surface area (Å²) in [7, 11) is 1.82. The Morgan fingerprint density at radius 3 is 2.93 bits per heavy atom. The van der Waals surface area contributed by atoms with Crippen molar-refractivity contribution in [1.29, 1.82) is 0 Å². The van der Waals surface area contributed by atoms with Crippen LogP contribution in [0.25, 0.3) is 0 Å². The van der Waals surface area contributed by atoms with Gasteiger partial charge >= 0.3 is 0 Å². The molecule has 1 atom stereocenters. The van der Waals surface area contributed by atoms with Crippen LogP contribution in [0.3, 0.4) is 0 Å². The Morgan fingerprint density at radius 1 is 1.60 bits per heavy atom. The van der Waals surface area contributed by atoms with Gasteiger partial charge in [0.1, 0.15) is 12.2 Å². The monoisotopic (exact) mass is 212 g/mol. The van der Waals surface area contributed by atoms with Gasteiger partial charge in [-0.05, 0) is 20.4 Å². The van der Waals surface area contributed by atoms with Crippen LogP contribution in [0.4, 0.5) is 0 Å². The maximum absolute atomic E-state index is 10.0. The minimum absolute atomic E-state index is 0.522.